The molecule has 4 rings (SSSR count). The molecule has 2 aliphatic rings. The summed E-state index contributed by atoms with van der Waals surface area (Å²) in [4.78, 5) is 35.1. The van der Waals surface area contributed by atoms with Gasteiger partial charge in [0.15, 0.2) is 18.1 Å². The molecule has 150 valence electrons. The summed E-state index contributed by atoms with van der Waals surface area (Å²) in [7, 11) is 0. The van der Waals surface area contributed by atoms with Crippen LogP contribution in [0.5, 0.6) is 11.5 Å². The lowest BCUT2D eigenvalue weighted by atomic mass is 10.1. The van der Waals surface area contributed by atoms with E-state index in [1.807, 2.05) is 12.1 Å². The quantitative estimate of drug-likeness (QED) is 0.467. The summed E-state index contributed by atoms with van der Waals surface area (Å²) in [6, 6.07) is 8.01. The standard InChI is InChI=1S/C20H18N2O7/c23-19(21-14-5-4-12-2-1-3-13(12)8-14)11-29-20(24)15-9-17-18(28-7-6-27-17)10-16(15)22(25)26/h4-5,8-10H,1-3,6-7,11H2,(H,21,23). The second-order valence-electron chi connectivity index (χ2n) is 6.73. The second kappa shape index (κ2) is 7.78. The Labute approximate surface area is 165 Å². The molecule has 0 aromatic heterocycles. The van der Waals surface area contributed by atoms with Crippen molar-refractivity contribution in [2.45, 2.75) is 19.3 Å². The first-order valence-corrected chi connectivity index (χ1v) is 9.18. The van der Waals surface area contributed by atoms with E-state index in [1.54, 1.807) is 6.07 Å². The van der Waals surface area contributed by atoms with Gasteiger partial charge in [0.1, 0.15) is 18.8 Å². The van der Waals surface area contributed by atoms with Gasteiger partial charge in [0.25, 0.3) is 11.6 Å². The van der Waals surface area contributed by atoms with Crippen LogP contribution >= 0.6 is 0 Å². The third-order valence-electron chi connectivity index (χ3n) is 4.79. The summed E-state index contributed by atoms with van der Waals surface area (Å²) in [6.07, 6.45) is 3.11. The average Bonchev–Trinajstić information content (AvgIpc) is 3.18. The Morgan fingerprint density at radius 1 is 1.07 bits per heavy atom. The van der Waals surface area contributed by atoms with Crippen molar-refractivity contribution in [1.82, 2.24) is 0 Å². The number of nitrogens with one attached hydrogen (secondary N) is 1. The van der Waals surface area contributed by atoms with Crippen molar-refractivity contribution in [2.24, 2.45) is 0 Å². The van der Waals surface area contributed by atoms with Crippen molar-refractivity contribution < 1.29 is 28.7 Å². The van der Waals surface area contributed by atoms with Crippen molar-refractivity contribution >= 4 is 23.3 Å². The number of aryl methyl sites for hydroxylation is 2. The van der Waals surface area contributed by atoms with E-state index in [2.05, 4.69) is 5.32 Å². The van der Waals surface area contributed by atoms with Crippen LogP contribution in [0.3, 0.4) is 0 Å². The number of anilines is 1. The molecule has 1 aliphatic heterocycles. The lowest BCUT2D eigenvalue weighted by molar-refractivity contribution is -0.385. The van der Waals surface area contributed by atoms with E-state index >= 15 is 0 Å². The summed E-state index contributed by atoms with van der Waals surface area (Å²) in [5.41, 5.74) is 2.33. The van der Waals surface area contributed by atoms with Gasteiger partial charge < -0.3 is 19.5 Å². The molecule has 0 bridgehead atoms. The van der Waals surface area contributed by atoms with Gasteiger partial charge in [-0.3, -0.25) is 14.9 Å². The topological polar surface area (TPSA) is 117 Å². The van der Waals surface area contributed by atoms with Crippen LogP contribution in [0.25, 0.3) is 0 Å². The Bertz CT molecular complexity index is 1000. The molecule has 1 aliphatic carbocycles. The summed E-state index contributed by atoms with van der Waals surface area (Å²) >= 11 is 0. The van der Waals surface area contributed by atoms with E-state index in [1.165, 1.54) is 17.2 Å². The summed E-state index contributed by atoms with van der Waals surface area (Å²) in [5, 5.41) is 14.0. The number of nitro groups is 1. The number of hydrogen-bond acceptors (Lipinski definition) is 7. The average molecular weight is 398 g/mol. The zero-order chi connectivity index (χ0) is 20.4. The van der Waals surface area contributed by atoms with Gasteiger partial charge in [-0.2, -0.15) is 0 Å². The van der Waals surface area contributed by atoms with Gasteiger partial charge in [-0.15, -0.1) is 0 Å². The highest BCUT2D eigenvalue weighted by molar-refractivity contribution is 5.98. The van der Waals surface area contributed by atoms with Gasteiger partial charge in [-0.1, -0.05) is 6.07 Å². The number of nitrogens with zero attached hydrogens (tertiary/aromatic N) is 1. The molecular weight excluding hydrogens is 380 g/mol. The highest BCUT2D eigenvalue weighted by atomic mass is 16.6. The molecule has 0 saturated carbocycles. The molecule has 1 N–H and O–H groups in total. The first kappa shape index (κ1) is 18.7. The lowest BCUT2D eigenvalue weighted by Crippen LogP contribution is -2.22. The normalized spacial score (nSPS) is 14.1. The van der Waals surface area contributed by atoms with Crippen LogP contribution in [0, 0.1) is 10.1 Å². The molecule has 1 amide bonds. The fourth-order valence-corrected chi connectivity index (χ4v) is 3.45. The fourth-order valence-electron chi connectivity index (χ4n) is 3.45. The van der Waals surface area contributed by atoms with Crippen LogP contribution in [-0.4, -0.2) is 36.6 Å². The number of rotatable bonds is 5. The van der Waals surface area contributed by atoms with Crippen LogP contribution in [0.15, 0.2) is 30.3 Å². The number of fused-ring (bicyclic) bond motifs is 2. The van der Waals surface area contributed by atoms with Crippen LogP contribution in [-0.2, 0) is 22.4 Å². The largest absolute Gasteiger partial charge is 0.486 e. The Balaban J connectivity index is 1.42. The molecule has 0 unspecified atom stereocenters. The van der Waals surface area contributed by atoms with E-state index in [0.29, 0.717) is 5.69 Å². The summed E-state index contributed by atoms with van der Waals surface area (Å²) < 4.78 is 15.6. The fraction of sp³-hybridized carbons (Fsp3) is 0.300. The Kier molecular flexibility index (Phi) is 5.03. The number of ether oxygens (including phenoxy) is 3. The van der Waals surface area contributed by atoms with Gasteiger partial charge >= 0.3 is 5.97 Å². The molecule has 2 aromatic rings. The maximum atomic E-state index is 12.4. The van der Waals surface area contributed by atoms with E-state index in [0.717, 1.165) is 25.3 Å². The first-order chi connectivity index (χ1) is 14.0. The van der Waals surface area contributed by atoms with Crippen molar-refractivity contribution in [3.8, 4) is 11.5 Å². The van der Waals surface area contributed by atoms with Gasteiger partial charge in [0.05, 0.1) is 11.0 Å². The summed E-state index contributed by atoms with van der Waals surface area (Å²) in [6.45, 7) is -0.0409. The molecule has 29 heavy (non-hydrogen) atoms. The first-order valence-electron chi connectivity index (χ1n) is 9.18. The zero-order valence-corrected chi connectivity index (χ0v) is 15.4. The third kappa shape index (κ3) is 3.98. The van der Waals surface area contributed by atoms with Crippen molar-refractivity contribution in [3.63, 3.8) is 0 Å². The number of nitro benzene ring substituents is 1. The maximum absolute atomic E-state index is 12.4. The Morgan fingerprint density at radius 3 is 2.55 bits per heavy atom. The monoisotopic (exact) mass is 398 g/mol. The van der Waals surface area contributed by atoms with E-state index in [-0.39, 0.29) is 30.3 Å². The molecule has 0 radical (unpaired) electrons. The van der Waals surface area contributed by atoms with E-state index < -0.39 is 29.1 Å². The second-order valence-corrected chi connectivity index (χ2v) is 6.73. The SMILES string of the molecule is O=C(COC(=O)c1cc2c(cc1[N+](=O)[O-])OCCO2)Nc1ccc2c(c1)CCC2. The number of benzene rings is 2. The van der Waals surface area contributed by atoms with Crippen LogP contribution < -0.4 is 14.8 Å². The number of carbonyl (C=O) groups is 2. The maximum Gasteiger partial charge on any atom is 0.345 e. The zero-order valence-electron chi connectivity index (χ0n) is 15.4. The highest BCUT2D eigenvalue weighted by Crippen LogP contribution is 2.36. The Morgan fingerprint density at radius 2 is 1.79 bits per heavy atom. The molecule has 0 atom stereocenters. The molecule has 0 saturated heterocycles. The van der Waals surface area contributed by atoms with Gasteiger partial charge in [0.2, 0.25) is 0 Å². The third-order valence-corrected chi connectivity index (χ3v) is 4.79. The van der Waals surface area contributed by atoms with Gasteiger partial charge in [-0.25, -0.2) is 4.79 Å². The van der Waals surface area contributed by atoms with Crippen molar-refractivity contribution in [1.29, 1.82) is 0 Å². The molecular formula is C20H18N2O7. The number of amides is 1. The number of hydrogen-bond donors (Lipinski definition) is 1. The Hall–Kier alpha value is -3.62. The molecule has 9 heteroatoms. The van der Waals surface area contributed by atoms with Crippen molar-refractivity contribution in [2.75, 3.05) is 25.1 Å². The minimum absolute atomic E-state index is 0.189. The van der Waals surface area contributed by atoms with E-state index in [9.17, 15) is 19.7 Å². The number of carbonyl (C=O) groups excluding carboxylic acids is 2. The lowest BCUT2D eigenvalue weighted by Gasteiger charge is -2.18. The molecule has 0 fully saturated rings. The highest BCUT2D eigenvalue weighted by Gasteiger charge is 2.27. The smallest absolute Gasteiger partial charge is 0.345 e. The molecule has 1 heterocycles. The molecule has 9 nitrogen and oxygen atoms in total. The van der Waals surface area contributed by atoms with Gasteiger partial charge in [0, 0.05) is 11.8 Å². The molecule has 2 aromatic carbocycles. The number of esters is 1. The van der Waals surface area contributed by atoms with E-state index in [4.69, 9.17) is 14.2 Å². The minimum Gasteiger partial charge on any atom is -0.486 e. The van der Waals surface area contributed by atoms with Gasteiger partial charge in [-0.05, 0) is 42.5 Å². The van der Waals surface area contributed by atoms with Crippen molar-refractivity contribution in [3.05, 3.63) is 57.1 Å². The van der Waals surface area contributed by atoms with Crippen LogP contribution in [0.4, 0.5) is 11.4 Å². The minimum atomic E-state index is -0.988. The summed E-state index contributed by atoms with van der Waals surface area (Å²) in [5.74, 6) is -1.11. The van der Waals surface area contributed by atoms with Crippen LogP contribution in [0.1, 0.15) is 27.9 Å². The molecule has 0 spiro atoms. The predicted octanol–water partition coefficient (Wildman–Crippen LogP) is 2.65. The predicted molar refractivity (Wildman–Crippen MR) is 101 cm³/mol. The van der Waals surface area contributed by atoms with Crippen LogP contribution in [0.2, 0.25) is 0 Å².